The highest BCUT2D eigenvalue weighted by molar-refractivity contribution is 5.67. The molecule has 16 heavy (non-hydrogen) atoms. The molecule has 0 amide bonds. The first kappa shape index (κ1) is 11.9. The minimum Gasteiger partial charge on any atom is -0.481 e. The molecule has 2 rings (SSSR count). The van der Waals surface area contributed by atoms with Crippen molar-refractivity contribution in [1.29, 1.82) is 0 Å². The molecule has 0 radical (unpaired) electrons. The molecule has 2 saturated carbocycles. The van der Waals surface area contributed by atoms with Crippen molar-refractivity contribution >= 4 is 5.97 Å². The largest absolute Gasteiger partial charge is 0.481 e. The Kier molecular flexibility index (Phi) is 3.02. The molecule has 0 bridgehead atoms. The van der Waals surface area contributed by atoms with Gasteiger partial charge >= 0.3 is 5.97 Å². The van der Waals surface area contributed by atoms with Gasteiger partial charge in [-0.2, -0.15) is 0 Å². The second kappa shape index (κ2) is 4.05. The van der Waals surface area contributed by atoms with Gasteiger partial charge in [0.05, 0.1) is 0 Å². The number of carbonyl (C=O) groups is 1. The summed E-state index contributed by atoms with van der Waals surface area (Å²) in [5.41, 5.74) is 0.884. The summed E-state index contributed by atoms with van der Waals surface area (Å²) in [6.45, 7) is 4.70. The lowest BCUT2D eigenvalue weighted by Crippen LogP contribution is -2.35. The average molecular weight is 224 g/mol. The maximum Gasteiger partial charge on any atom is 0.303 e. The van der Waals surface area contributed by atoms with Gasteiger partial charge in [0.1, 0.15) is 0 Å². The van der Waals surface area contributed by atoms with Crippen molar-refractivity contribution in [3.8, 4) is 0 Å². The number of hydrogen-bond acceptors (Lipinski definition) is 1. The van der Waals surface area contributed by atoms with Gasteiger partial charge in [0.15, 0.2) is 0 Å². The number of carboxylic acids is 1. The number of aliphatic carboxylic acids is 1. The van der Waals surface area contributed by atoms with Gasteiger partial charge in [-0.1, -0.05) is 20.3 Å². The minimum absolute atomic E-state index is 0.397. The van der Waals surface area contributed by atoms with Crippen molar-refractivity contribution in [2.75, 3.05) is 0 Å². The summed E-state index contributed by atoms with van der Waals surface area (Å²) in [6, 6.07) is 0. The summed E-state index contributed by atoms with van der Waals surface area (Å²) >= 11 is 0. The van der Waals surface area contributed by atoms with Crippen molar-refractivity contribution in [1.82, 2.24) is 0 Å². The van der Waals surface area contributed by atoms with Gasteiger partial charge in [-0.15, -0.1) is 0 Å². The summed E-state index contributed by atoms with van der Waals surface area (Å²) in [5.74, 6) is -0.141. The van der Waals surface area contributed by atoms with Crippen LogP contribution in [0.2, 0.25) is 0 Å². The van der Waals surface area contributed by atoms with E-state index in [9.17, 15) is 4.79 Å². The van der Waals surface area contributed by atoms with Crippen LogP contribution in [-0.2, 0) is 4.79 Å². The van der Waals surface area contributed by atoms with Gasteiger partial charge in [0.2, 0.25) is 0 Å². The smallest absolute Gasteiger partial charge is 0.303 e. The first-order valence-corrected chi connectivity index (χ1v) is 6.65. The molecule has 0 aromatic carbocycles. The highest BCUT2D eigenvalue weighted by atomic mass is 16.4. The molecule has 2 heteroatoms. The van der Waals surface area contributed by atoms with Crippen molar-refractivity contribution in [2.24, 2.45) is 16.7 Å². The molecule has 2 aliphatic carbocycles. The molecule has 0 heterocycles. The van der Waals surface area contributed by atoms with E-state index in [4.69, 9.17) is 5.11 Å². The van der Waals surface area contributed by atoms with E-state index in [2.05, 4.69) is 13.8 Å². The van der Waals surface area contributed by atoms with Crippen LogP contribution in [0.3, 0.4) is 0 Å². The maximum absolute atomic E-state index is 10.9. The van der Waals surface area contributed by atoms with E-state index in [1.165, 1.54) is 38.5 Å². The lowest BCUT2D eigenvalue weighted by Gasteiger charge is -2.44. The van der Waals surface area contributed by atoms with E-state index in [1.54, 1.807) is 0 Å². The summed E-state index contributed by atoms with van der Waals surface area (Å²) in [5, 5.41) is 8.99. The molecular formula is C14H24O2. The molecule has 0 aliphatic heterocycles. The topological polar surface area (TPSA) is 37.3 Å². The Balaban J connectivity index is 2.04. The second-order valence-corrected chi connectivity index (χ2v) is 6.71. The Labute approximate surface area is 98.4 Å². The minimum atomic E-state index is -0.601. The van der Waals surface area contributed by atoms with E-state index in [0.717, 1.165) is 6.42 Å². The predicted molar refractivity (Wildman–Crippen MR) is 64.3 cm³/mol. The molecule has 2 nitrogen and oxygen atoms in total. The third kappa shape index (κ3) is 2.26. The van der Waals surface area contributed by atoms with Gasteiger partial charge in [0, 0.05) is 6.42 Å². The summed E-state index contributed by atoms with van der Waals surface area (Å²) < 4.78 is 0. The van der Waals surface area contributed by atoms with Crippen LogP contribution >= 0.6 is 0 Å². The zero-order valence-electron chi connectivity index (χ0n) is 10.6. The fourth-order valence-electron chi connectivity index (χ4n) is 3.82. The first-order valence-electron chi connectivity index (χ1n) is 6.65. The van der Waals surface area contributed by atoms with Gasteiger partial charge < -0.3 is 5.11 Å². The summed E-state index contributed by atoms with van der Waals surface area (Å²) in [6.07, 6.45) is 9.16. The maximum atomic E-state index is 10.9. The van der Waals surface area contributed by atoms with Crippen LogP contribution in [-0.4, -0.2) is 11.1 Å². The Hall–Kier alpha value is -0.530. The van der Waals surface area contributed by atoms with Crippen molar-refractivity contribution in [3.63, 3.8) is 0 Å². The molecule has 1 atom stereocenters. The average Bonchev–Trinajstić information content (AvgIpc) is 2.55. The Morgan fingerprint density at radius 2 is 1.81 bits per heavy atom. The van der Waals surface area contributed by atoms with Crippen molar-refractivity contribution in [3.05, 3.63) is 0 Å². The third-order valence-corrected chi connectivity index (χ3v) is 5.11. The highest BCUT2D eigenvalue weighted by Crippen LogP contribution is 2.57. The van der Waals surface area contributed by atoms with E-state index in [0.29, 0.717) is 23.2 Å². The van der Waals surface area contributed by atoms with Gasteiger partial charge in [0.25, 0.3) is 0 Å². The molecule has 2 aliphatic rings. The first-order chi connectivity index (χ1) is 7.44. The lowest BCUT2D eigenvalue weighted by atomic mass is 9.60. The van der Waals surface area contributed by atoms with E-state index >= 15 is 0 Å². The van der Waals surface area contributed by atoms with E-state index in [-0.39, 0.29) is 0 Å². The number of hydrogen-bond donors (Lipinski definition) is 1. The molecule has 92 valence electrons. The van der Waals surface area contributed by atoms with Crippen LogP contribution < -0.4 is 0 Å². The van der Waals surface area contributed by atoms with Crippen LogP contribution in [0, 0.1) is 16.7 Å². The Bertz CT molecular complexity index is 270. The van der Waals surface area contributed by atoms with Crippen LogP contribution in [0.25, 0.3) is 0 Å². The third-order valence-electron chi connectivity index (χ3n) is 5.11. The molecule has 0 aromatic rings. The van der Waals surface area contributed by atoms with Crippen LogP contribution in [0.5, 0.6) is 0 Å². The normalized spacial score (nSPS) is 31.8. The zero-order valence-corrected chi connectivity index (χ0v) is 10.6. The SMILES string of the molecule is CC1(C)CCC2(CCCC2CC(=O)O)CC1. The molecule has 1 spiro atoms. The molecule has 1 N–H and O–H groups in total. The van der Waals surface area contributed by atoms with E-state index < -0.39 is 5.97 Å². The van der Waals surface area contributed by atoms with Crippen LogP contribution in [0.4, 0.5) is 0 Å². The Morgan fingerprint density at radius 3 is 2.38 bits per heavy atom. The van der Waals surface area contributed by atoms with Gasteiger partial charge in [-0.05, 0) is 55.3 Å². The van der Waals surface area contributed by atoms with Crippen LogP contribution in [0.15, 0.2) is 0 Å². The number of rotatable bonds is 2. The van der Waals surface area contributed by atoms with Crippen molar-refractivity contribution < 1.29 is 9.90 Å². The van der Waals surface area contributed by atoms with Crippen molar-refractivity contribution in [2.45, 2.75) is 65.2 Å². The fraction of sp³-hybridized carbons (Fsp3) is 0.929. The molecule has 2 fully saturated rings. The molecule has 0 saturated heterocycles. The van der Waals surface area contributed by atoms with Gasteiger partial charge in [-0.3, -0.25) is 4.79 Å². The summed E-state index contributed by atoms with van der Waals surface area (Å²) in [4.78, 5) is 10.9. The zero-order chi connectivity index (χ0) is 11.8. The van der Waals surface area contributed by atoms with Crippen LogP contribution in [0.1, 0.15) is 65.2 Å². The fourth-order valence-corrected chi connectivity index (χ4v) is 3.82. The Morgan fingerprint density at radius 1 is 1.19 bits per heavy atom. The number of carboxylic acid groups (broad SMARTS) is 1. The van der Waals surface area contributed by atoms with E-state index in [1.807, 2.05) is 0 Å². The highest BCUT2D eigenvalue weighted by Gasteiger charge is 2.46. The van der Waals surface area contributed by atoms with Gasteiger partial charge in [-0.25, -0.2) is 0 Å². The lowest BCUT2D eigenvalue weighted by molar-refractivity contribution is -0.139. The second-order valence-electron chi connectivity index (χ2n) is 6.71. The monoisotopic (exact) mass is 224 g/mol. The molecule has 1 unspecified atom stereocenters. The standard InChI is InChI=1S/C14H24O2/c1-13(2)6-8-14(9-7-13)5-3-4-11(14)10-12(15)16/h11H,3-10H2,1-2H3,(H,15,16). The summed E-state index contributed by atoms with van der Waals surface area (Å²) in [7, 11) is 0. The quantitative estimate of drug-likeness (QED) is 0.773. The predicted octanol–water partition coefficient (Wildman–Crippen LogP) is 3.85. The molecule has 0 aromatic heterocycles. The molecular weight excluding hydrogens is 200 g/mol.